The van der Waals surface area contributed by atoms with E-state index in [-0.39, 0.29) is 5.60 Å². The second kappa shape index (κ2) is 4.48. The van der Waals surface area contributed by atoms with Crippen LogP contribution in [0.15, 0.2) is 24.3 Å². The zero-order valence-electron chi connectivity index (χ0n) is 11.6. The van der Waals surface area contributed by atoms with Crippen LogP contribution >= 0.6 is 0 Å². The summed E-state index contributed by atoms with van der Waals surface area (Å²) in [5, 5.41) is 0.977. The minimum absolute atomic E-state index is 0.209. The fourth-order valence-corrected chi connectivity index (χ4v) is 1.89. The van der Waals surface area contributed by atoms with E-state index < -0.39 is 0 Å². The monoisotopic (exact) mass is 245 g/mol. The Kier molecular flexibility index (Phi) is 3.16. The second-order valence-corrected chi connectivity index (χ2v) is 5.36. The van der Waals surface area contributed by atoms with E-state index >= 15 is 0 Å². The largest absolute Gasteiger partial charge is 0.496 e. The number of aryl methyl sites for hydroxylation is 1. The van der Waals surface area contributed by atoms with Gasteiger partial charge in [0.1, 0.15) is 17.1 Å². The van der Waals surface area contributed by atoms with Gasteiger partial charge in [0.15, 0.2) is 0 Å². The van der Waals surface area contributed by atoms with Gasteiger partial charge in [0.05, 0.1) is 12.6 Å². The van der Waals surface area contributed by atoms with Gasteiger partial charge < -0.3 is 9.47 Å². The molecule has 0 aliphatic heterocycles. The van der Waals surface area contributed by atoms with Gasteiger partial charge in [-0.15, -0.1) is 0 Å². The highest BCUT2D eigenvalue weighted by Crippen LogP contribution is 2.30. The van der Waals surface area contributed by atoms with Crippen molar-refractivity contribution in [3.63, 3.8) is 0 Å². The molecule has 0 spiro atoms. The predicted molar refractivity (Wildman–Crippen MR) is 73.4 cm³/mol. The van der Waals surface area contributed by atoms with Gasteiger partial charge >= 0.3 is 0 Å². The number of pyridine rings is 1. The minimum Gasteiger partial charge on any atom is -0.496 e. The Morgan fingerprint density at radius 3 is 2.44 bits per heavy atom. The molecule has 2 aromatic rings. The van der Waals surface area contributed by atoms with E-state index in [4.69, 9.17) is 9.47 Å². The standard InChI is InChI=1S/C15H19NO2/c1-10-8-14(17-5)12-9-11(18-15(2,3)4)6-7-13(12)16-10/h6-9H,1-5H3. The van der Waals surface area contributed by atoms with Gasteiger partial charge in [-0.1, -0.05) is 0 Å². The Hall–Kier alpha value is -1.77. The van der Waals surface area contributed by atoms with Crippen LogP contribution in [0.3, 0.4) is 0 Å². The highest BCUT2D eigenvalue weighted by molar-refractivity contribution is 5.86. The maximum Gasteiger partial charge on any atom is 0.130 e. The molecule has 0 saturated heterocycles. The van der Waals surface area contributed by atoms with E-state index in [1.807, 2.05) is 52.0 Å². The molecule has 96 valence electrons. The Morgan fingerprint density at radius 1 is 1.11 bits per heavy atom. The van der Waals surface area contributed by atoms with Crippen LogP contribution in [0.5, 0.6) is 11.5 Å². The summed E-state index contributed by atoms with van der Waals surface area (Å²) in [4.78, 5) is 4.49. The van der Waals surface area contributed by atoms with E-state index in [0.29, 0.717) is 0 Å². The van der Waals surface area contributed by atoms with Gasteiger partial charge in [0, 0.05) is 17.1 Å². The number of hydrogen-bond acceptors (Lipinski definition) is 3. The lowest BCUT2D eigenvalue weighted by atomic mass is 10.1. The molecule has 3 nitrogen and oxygen atoms in total. The summed E-state index contributed by atoms with van der Waals surface area (Å²) in [6.45, 7) is 8.05. The molecule has 0 bridgehead atoms. The third-order valence-electron chi connectivity index (χ3n) is 2.51. The predicted octanol–water partition coefficient (Wildman–Crippen LogP) is 3.73. The van der Waals surface area contributed by atoms with Crippen molar-refractivity contribution >= 4 is 10.9 Å². The quantitative estimate of drug-likeness (QED) is 0.807. The molecule has 0 atom stereocenters. The SMILES string of the molecule is COc1cc(C)nc2ccc(OC(C)(C)C)cc12. The molecule has 3 heteroatoms. The normalized spacial score (nSPS) is 11.6. The number of fused-ring (bicyclic) bond motifs is 1. The smallest absolute Gasteiger partial charge is 0.130 e. The van der Waals surface area contributed by atoms with Crippen LogP contribution in [0.1, 0.15) is 26.5 Å². The number of methoxy groups -OCH3 is 1. The summed E-state index contributed by atoms with van der Waals surface area (Å²) in [5.41, 5.74) is 1.66. The summed E-state index contributed by atoms with van der Waals surface area (Å²) in [5.74, 6) is 1.66. The zero-order valence-corrected chi connectivity index (χ0v) is 11.6. The summed E-state index contributed by atoms with van der Waals surface area (Å²) in [6.07, 6.45) is 0. The number of rotatable bonds is 2. The van der Waals surface area contributed by atoms with E-state index in [0.717, 1.165) is 28.1 Å². The van der Waals surface area contributed by atoms with Gasteiger partial charge in [0.2, 0.25) is 0 Å². The molecule has 0 amide bonds. The van der Waals surface area contributed by atoms with Crippen LogP contribution in [0.4, 0.5) is 0 Å². The maximum atomic E-state index is 5.86. The maximum absolute atomic E-state index is 5.86. The number of ether oxygens (including phenoxy) is 2. The molecule has 1 heterocycles. The van der Waals surface area contributed by atoms with Crippen molar-refractivity contribution in [2.45, 2.75) is 33.3 Å². The second-order valence-electron chi connectivity index (χ2n) is 5.36. The van der Waals surface area contributed by atoms with Crippen molar-refractivity contribution in [1.29, 1.82) is 0 Å². The summed E-state index contributed by atoms with van der Waals surface area (Å²) in [6, 6.07) is 7.82. The number of hydrogen-bond donors (Lipinski definition) is 0. The Labute approximate surface area is 108 Å². The average Bonchev–Trinajstić information content (AvgIpc) is 2.26. The van der Waals surface area contributed by atoms with Gasteiger partial charge in [-0.25, -0.2) is 0 Å². The fraction of sp³-hybridized carbons (Fsp3) is 0.400. The van der Waals surface area contributed by atoms with Crippen molar-refractivity contribution in [1.82, 2.24) is 4.98 Å². The molecule has 0 radical (unpaired) electrons. The first-order chi connectivity index (χ1) is 8.39. The lowest BCUT2D eigenvalue weighted by Crippen LogP contribution is -2.22. The van der Waals surface area contributed by atoms with Crippen LogP contribution in [0, 0.1) is 6.92 Å². The van der Waals surface area contributed by atoms with E-state index in [9.17, 15) is 0 Å². The van der Waals surface area contributed by atoms with Crippen LogP contribution in [0.2, 0.25) is 0 Å². The molecule has 0 unspecified atom stereocenters. The molecule has 0 aliphatic rings. The topological polar surface area (TPSA) is 31.4 Å². The highest BCUT2D eigenvalue weighted by atomic mass is 16.5. The molecular formula is C15H19NO2. The Morgan fingerprint density at radius 2 is 1.83 bits per heavy atom. The molecule has 0 aliphatic carbocycles. The number of aromatic nitrogens is 1. The van der Waals surface area contributed by atoms with Crippen molar-refractivity contribution < 1.29 is 9.47 Å². The number of benzene rings is 1. The van der Waals surface area contributed by atoms with Crippen LogP contribution in [-0.4, -0.2) is 17.7 Å². The summed E-state index contributed by atoms with van der Waals surface area (Å²) < 4.78 is 11.3. The average molecular weight is 245 g/mol. The summed E-state index contributed by atoms with van der Waals surface area (Å²) >= 11 is 0. The minimum atomic E-state index is -0.209. The highest BCUT2D eigenvalue weighted by Gasteiger charge is 2.13. The fourth-order valence-electron chi connectivity index (χ4n) is 1.89. The molecule has 0 N–H and O–H groups in total. The lowest BCUT2D eigenvalue weighted by molar-refractivity contribution is 0.131. The molecule has 18 heavy (non-hydrogen) atoms. The zero-order chi connectivity index (χ0) is 13.3. The van der Waals surface area contributed by atoms with Crippen molar-refractivity contribution in [3.05, 3.63) is 30.0 Å². The van der Waals surface area contributed by atoms with Crippen molar-refractivity contribution in [3.8, 4) is 11.5 Å². The number of nitrogens with zero attached hydrogens (tertiary/aromatic N) is 1. The molecule has 0 saturated carbocycles. The molecule has 1 aromatic heterocycles. The van der Waals surface area contributed by atoms with Crippen LogP contribution in [0.25, 0.3) is 10.9 Å². The first-order valence-electron chi connectivity index (χ1n) is 6.03. The van der Waals surface area contributed by atoms with Gasteiger partial charge in [-0.3, -0.25) is 4.98 Å². The van der Waals surface area contributed by atoms with E-state index in [1.165, 1.54) is 0 Å². The molecule has 1 aromatic carbocycles. The molecular weight excluding hydrogens is 226 g/mol. The van der Waals surface area contributed by atoms with E-state index in [1.54, 1.807) is 7.11 Å². The van der Waals surface area contributed by atoms with Crippen molar-refractivity contribution in [2.75, 3.05) is 7.11 Å². The van der Waals surface area contributed by atoms with Gasteiger partial charge in [0.25, 0.3) is 0 Å². The van der Waals surface area contributed by atoms with Gasteiger partial charge in [-0.2, -0.15) is 0 Å². The van der Waals surface area contributed by atoms with E-state index in [2.05, 4.69) is 4.98 Å². The third kappa shape index (κ3) is 2.73. The van der Waals surface area contributed by atoms with Crippen LogP contribution in [-0.2, 0) is 0 Å². The van der Waals surface area contributed by atoms with Crippen LogP contribution < -0.4 is 9.47 Å². The molecule has 0 fully saturated rings. The first-order valence-corrected chi connectivity index (χ1v) is 6.03. The van der Waals surface area contributed by atoms with Gasteiger partial charge in [-0.05, 0) is 45.9 Å². The van der Waals surface area contributed by atoms with Crippen molar-refractivity contribution in [2.24, 2.45) is 0 Å². The third-order valence-corrected chi connectivity index (χ3v) is 2.51. The lowest BCUT2D eigenvalue weighted by Gasteiger charge is -2.21. The Balaban J connectivity index is 2.53. The Bertz CT molecular complexity index is 570. The summed E-state index contributed by atoms with van der Waals surface area (Å²) in [7, 11) is 1.67. The molecule has 2 rings (SSSR count). The first kappa shape index (κ1) is 12.7.